The van der Waals surface area contributed by atoms with Crippen LogP contribution < -0.4 is 16.4 Å². The van der Waals surface area contributed by atoms with Crippen molar-refractivity contribution in [3.63, 3.8) is 0 Å². The predicted octanol–water partition coefficient (Wildman–Crippen LogP) is 1.91. The first kappa shape index (κ1) is 38.1. The van der Waals surface area contributed by atoms with Crippen LogP contribution in [0, 0.1) is 11.8 Å². The molecule has 1 aliphatic carbocycles. The molecule has 13 nitrogen and oxygen atoms in total. The highest BCUT2D eigenvalue weighted by Crippen LogP contribution is 2.29. The predicted molar refractivity (Wildman–Crippen MR) is 175 cm³/mol. The maximum atomic E-state index is 13.9. The van der Waals surface area contributed by atoms with Gasteiger partial charge in [0.1, 0.15) is 0 Å². The third kappa shape index (κ3) is 10.8. The third-order valence-electron chi connectivity index (χ3n) is 8.95. The van der Waals surface area contributed by atoms with Gasteiger partial charge in [0.25, 0.3) is 5.91 Å². The highest BCUT2D eigenvalue weighted by molar-refractivity contribution is 6.23. The zero-order valence-corrected chi connectivity index (χ0v) is 28.5. The standard InChI is InChI=1S/C34H52N4O9/c1-20-16-24-29(36-10-11-38-12-14-46-15-13-38)26(39)19-25(31(24)41)37-33(42)21(2)8-7-9-27(44-5)32(47-34(35)43)23(4)18-22(3)30(40)28(17-20)45-6/h8,18-20,22,27-28,30,32,36,40H,7,9-17H2,1-6H3,(H2,35,43)(H,37,42)/b21-8+,23-18+/t20-,22+,27?,28+,30-,32+/m1/s1. The van der Waals surface area contributed by atoms with Crippen LogP contribution in [-0.2, 0) is 33.3 Å². The highest BCUT2D eigenvalue weighted by Gasteiger charge is 2.34. The Bertz CT molecular complexity index is 1270. The molecule has 47 heavy (non-hydrogen) atoms. The summed E-state index contributed by atoms with van der Waals surface area (Å²) in [6.07, 6.45) is 2.05. The van der Waals surface area contributed by atoms with Crippen molar-refractivity contribution in [3.8, 4) is 0 Å². The van der Waals surface area contributed by atoms with Gasteiger partial charge >= 0.3 is 6.09 Å². The van der Waals surface area contributed by atoms with E-state index in [1.807, 2.05) is 19.9 Å². The number of Topliss-reactive ketones (excluding diaryl/α,β-unsaturated/α-hetero) is 1. The molecule has 0 saturated carbocycles. The van der Waals surface area contributed by atoms with Crippen molar-refractivity contribution in [2.24, 2.45) is 17.6 Å². The Labute approximate surface area is 277 Å². The lowest BCUT2D eigenvalue weighted by Crippen LogP contribution is -2.42. The fourth-order valence-corrected chi connectivity index (χ4v) is 6.25. The number of ether oxygens (including phenoxy) is 4. The van der Waals surface area contributed by atoms with Crippen LogP contribution in [0.4, 0.5) is 4.79 Å². The van der Waals surface area contributed by atoms with Gasteiger partial charge in [-0.2, -0.15) is 0 Å². The second-order valence-electron chi connectivity index (χ2n) is 12.6. The molecule has 2 aliphatic heterocycles. The zero-order valence-electron chi connectivity index (χ0n) is 28.5. The molecule has 13 heteroatoms. The minimum atomic E-state index is -0.964. The average molecular weight is 661 g/mol. The largest absolute Gasteiger partial charge is 0.439 e. The Kier molecular flexibility index (Phi) is 14.8. The van der Waals surface area contributed by atoms with E-state index < -0.39 is 53.9 Å². The van der Waals surface area contributed by atoms with Crippen LogP contribution in [0.2, 0.25) is 0 Å². The molecule has 1 fully saturated rings. The number of nitrogens with one attached hydrogen (secondary N) is 2. The van der Waals surface area contributed by atoms with Crippen LogP contribution in [-0.4, -0.2) is 112 Å². The van der Waals surface area contributed by atoms with Crippen molar-refractivity contribution in [3.05, 3.63) is 46.3 Å². The molecule has 2 bridgehead atoms. The van der Waals surface area contributed by atoms with Gasteiger partial charge in [0.15, 0.2) is 6.10 Å². The van der Waals surface area contributed by atoms with Crippen LogP contribution in [0.5, 0.6) is 0 Å². The number of aliphatic hydroxyl groups excluding tert-OH is 1. The first-order chi connectivity index (χ1) is 22.4. The van der Waals surface area contributed by atoms with Crippen LogP contribution in [0.15, 0.2) is 46.3 Å². The molecule has 1 unspecified atom stereocenters. The van der Waals surface area contributed by atoms with E-state index in [1.165, 1.54) is 20.3 Å². The number of primary amides is 1. The molecule has 2 amide bonds. The summed E-state index contributed by atoms with van der Waals surface area (Å²) in [4.78, 5) is 54.5. The maximum Gasteiger partial charge on any atom is 0.405 e. The number of carbonyl (C=O) groups is 4. The minimum absolute atomic E-state index is 0.0898. The van der Waals surface area contributed by atoms with Crippen molar-refractivity contribution in [2.75, 3.05) is 53.6 Å². The van der Waals surface area contributed by atoms with Crippen LogP contribution in [0.1, 0.15) is 53.4 Å². The molecule has 6 atom stereocenters. The molecule has 3 rings (SSSR count). The van der Waals surface area contributed by atoms with Crippen molar-refractivity contribution < 1.29 is 43.2 Å². The number of allylic oxidation sites excluding steroid dienone is 3. The van der Waals surface area contributed by atoms with Gasteiger partial charge in [-0.3, -0.25) is 19.3 Å². The van der Waals surface area contributed by atoms with E-state index in [1.54, 1.807) is 19.9 Å². The van der Waals surface area contributed by atoms with Crippen LogP contribution in [0.25, 0.3) is 0 Å². The van der Waals surface area contributed by atoms with Crippen LogP contribution >= 0.6 is 0 Å². The van der Waals surface area contributed by atoms with Gasteiger partial charge in [-0.05, 0) is 51.0 Å². The summed E-state index contributed by atoms with van der Waals surface area (Å²) >= 11 is 0. The smallest absolute Gasteiger partial charge is 0.405 e. The lowest BCUT2D eigenvalue weighted by atomic mass is 9.85. The van der Waals surface area contributed by atoms with Gasteiger partial charge in [-0.1, -0.05) is 26.0 Å². The Morgan fingerprint density at radius 3 is 2.45 bits per heavy atom. The summed E-state index contributed by atoms with van der Waals surface area (Å²) in [6, 6.07) is 0. The van der Waals surface area contributed by atoms with Crippen molar-refractivity contribution in [2.45, 2.75) is 77.8 Å². The SMILES string of the molecule is COC1CC/C=C(\C)C(=O)NC2=CC(=O)C(NCCN3CCOCC3)=C(C[C@@H](C)C[C@H](OC)[C@H](O)[C@@H](C)/C=C(\C)[C@@H]1OC(N)=O)C2=O. The van der Waals surface area contributed by atoms with Gasteiger partial charge in [-0.15, -0.1) is 0 Å². The fraction of sp³-hybridized carbons (Fsp3) is 0.647. The Balaban J connectivity index is 1.96. The van der Waals surface area contributed by atoms with E-state index in [4.69, 9.17) is 24.7 Å². The maximum absolute atomic E-state index is 13.9. The molecule has 1 saturated heterocycles. The minimum Gasteiger partial charge on any atom is -0.439 e. The number of fused-ring (bicyclic) bond motifs is 2. The monoisotopic (exact) mass is 660 g/mol. The summed E-state index contributed by atoms with van der Waals surface area (Å²) in [5, 5.41) is 17.2. The van der Waals surface area contributed by atoms with E-state index >= 15 is 0 Å². The van der Waals surface area contributed by atoms with Gasteiger partial charge in [-0.25, -0.2) is 4.79 Å². The average Bonchev–Trinajstić information content (AvgIpc) is 3.04. The van der Waals surface area contributed by atoms with Crippen molar-refractivity contribution in [1.82, 2.24) is 15.5 Å². The van der Waals surface area contributed by atoms with Gasteiger partial charge in [0.05, 0.1) is 42.9 Å². The number of hydrogen-bond acceptors (Lipinski definition) is 11. The Hall–Kier alpha value is -3.36. The molecule has 0 aromatic carbocycles. The summed E-state index contributed by atoms with van der Waals surface area (Å²) in [6.45, 7) is 11.2. The molecule has 262 valence electrons. The normalized spacial score (nSPS) is 31.6. The number of rotatable bonds is 7. The van der Waals surface area contributed by atoms with Crippen LogP contribution in [0.3, 0.4) is 0 Å². The molecule has 0 aromatic heterocycles. The summed E-state index contributed by atoms with van der Waals surface area (Å²) in [5.41, 5.74) is 6.79. The number of methoxy groups -OCH3 is 2. The van der Waals surface area contributed by atoms with E-state index in [0.717, 1.165) is 13.1 Å². The second kappa shape index (κ2) is 18.3. The molecule has 0 spiro atoms. The quantitative estimate of drug-likeness (QED) is 0.232. The second-order valence-corrected chi connectivity index (χ2v) is 12.6. The zero-order chi connectivity index (χ0) is 34.7. The topological polar surface area (TPSA) is 179 Å². The van der Waals surface area contributed by atoms with Crippen molar-refractivity contribution in [1.29, 1.82) is 0 Å². The van der Waals surface area contributed by atoms with E-state index in [-0.39, 0.29) is 29.3 Å². The molecular formula is C34H52N4O9. The Morgan fingerprint density at radius 1 is 1.13 bits per heavy atom. The number of hydrogen-bond donors (Lipinski definition) is 4. The molecule has 3 aliphatic rings. The summed E-state index contributed by atoms with van der Waals surface area (Å²) in [5.74, 6) is -1.96. The van der Waals surface area contributed by atoms with Gasteiger partial charge in [0, 0.05) is 63.5 Å². The number of morpholine rings is 1. The highest BCUT2D eigenvalue weighted by atomic mass is 16.6. The van der Waals surface area contributed by atoms with E-state index in [9.17, 15) is 24.3 Å². The molecule has 2 heterocycles. The number of aliphatic hydroxyl groups is 1. The number of amides is 2. The van der Waals surface area contributed by atoms with E-state index in [2.05, 4.69) is 15.5 Å². The Morgan fingerprint density at radius 2 is 1.81 bits per heavy atom. The summed E-state index contributed by atoms with van der Waals surface area (Å²) < 4.78 is 22.2. The lowest BCUT2D eigenvalue weighted by Gasteiger charge is -2.30. The first-order valence-corrected chi connectivity index (χ1v) is 16.3. The molecule has 0 radical (unpaired) electrons. The number of nitrogens with zero attached hydrogens (tertiary/aromatic N) is 1. The number of nitrogens with two attached hydrogens (primary N) is 1. The van der Waals surface area contributed by atoms with Gasteiger partial charge < -0.3 is 40.4 Å². The molecular weight excluding hydrogens is 608 g/mol. The third-order valence-corrected chi connectivity index (χ3v) is 8.95. The number of ketones is 2. The lowest BCUT2D eigenvalue weighted by molar-refractivity contribution is -0.120. The fourth-order valence-electron chi connectivity index (χ4n) is 6.25. The summed E-state index contributed by atoms with van der Waals surface area (Å²) in [7, 11) is 3.00. The molecule has 5 N–H and O–H groups in total. The first-order valence-electron chi connectivity index (χ1n) is 16.3. The van der Waals surface area contributed by atoms with Crippen molar-refractivity contribution >= 4 is 23.6 Å². The molecule has 0 aromatic rings. The van der Waals surface area contributed by atoms with Gasteiger partial charge in [0.2, 0.25) is 11.6 Å². The van der Waals surface area contributed by atoms with E-state index in [0.29, 0.717) is 56.7 Å². The number of carbonyl (C=O) groups excluding carboxylic acids is 4.